The number of hydrogen-bond acceptors (Lipinski definition) is 3. The van der Waals surface area contributed by atoms with Crippen molar-refractivity contribution in [3.63, 3.8) is 0 Å². The number of carbonyl (C=O) groups is 1. The first-order chi connectivity index (χ1) is 10.0. The highest BCUT2D eigenvalue weighted by atomic mass is 16.6. The molecular weight excluding hydrogens is 268 g/mol. The zero-order valence-electron chi connectivity index (χ0n) is 11.8. The number of nitro groups is 1. The summed E-state index contributed by atoms with van der Waals surface area (Å²) in [6.07, 6.45) is 3.93. The number of nitrogens with zero attached hydrogens (tertiary/aromatic N) is 2. The lowest BCUT2D eigenvalue weighted by molar-refractivity contribution is -0.419. The molecule has 0 amide bonds. The summed E-state index contributed by atoms with van der Waals surface area (Å²) in [5.74, 6) is -0.147. The van der Waals surface area contributed by atoms with Gasteiger partial charge < -0.3 is 0 Å². The second-order valence-electron chi connectivity index (χ2n) is 5.11. The fourth-order valence-corrected chi connectivity index (χ4v) is 2.83. The molecule has 0 fully saturated rings. The molecule has 1 aromatic carbocycles. The van der Waals surface area contributed by atoms with E-state index in [1.165, 1.54) is 13.0 Å². The number of benzene rings is 1. The van der Waals surface area contributed by atoms with Gasteiger partial charge in [-0.05, 0) is 25.0 Å². The van der Waals surface area contributed by atoms with Crippen molar-refractivity contribution in [2.24, 2.45) is 0 Å². The predicted molar refractivity (Wildman–Crippen MR) is 80.7 cm³/mol. The monoisotopic (exact) mass is 282 g/mol. The van der Waals surface area contributed by atoms with E-state index in [4.69, 9.17) is 0 Å². The lowest BCUT2D eigenvalue weighted by Gasteiger charge is -2.03. The van der Waals surface area contributed by atoms with E-state index in [0.717, 1.165) is 16.5 Å². The van der Waals surface area contributed by atoms with Gasteiger partial charge in [-0.15, -0.1) is 0 Å². The SMILES string of the molecule is CC(=O)n1c2c(c3ccccc31)CC=C(C)C([N+](=O)[O-])=C2. The van der Waals surface area contributed by atoms with Crippen LogP contribution in [0.3, 0.4) is 0 Å². The van der Waals surface area contributed by atoms with Crippen LogP contribution in [0.5, 0.6) is 0 Å². The Labute approximate surface area is 121 Å². The average Bonchev–Trinajstić information content (AvgIpc) is 2.64. The van der Waals surface area contributed by atoms with Gasteiger partial charge in [-0.1, -0.05) is 24.3 Å². The molecule has 1 heterocycles. The van der Waals surface area contributed by atoms with Crippen LogP contribution in [0.2, 0.25) is 0 Å². The van der Waals surface area contributed by atoms with Gasteiger partial charge in [0.2, 0.25) is 5.91 Å². The van der Waals surface area contributed by atoms with Crippen molar-refractivity contribution in [2.45, 2.75) is 20.3 Å². The molecule has 0 saturated heterocycles. The van der Waals surface area contributed by atoms with Gasteiger partial charge in [-0.25, -0.2) is 0 Å². The number of hydrogen-bond donors (Lipinski definition) is 0. The third kappa shape index (κ3) is 1.98. The summed E-state index contributed by atoms with van der Waals surface area (Å²) in [5.41, 5.74) is 3.02. The van der Waals surface area contributed by atoms with Gasteiger partial charge in [0, 0.05) is 24.0 Å². The Hall–Kier alpha value is -2.69. The van der Waals surface area contributed by atoms with Crippen molar-refractivity contribution in [1.29, 1.82) is 0 Å². The molecule has 2 aromatic rings. The molecule has 0 spiro atoms. The average molecular weight is 282 g/mol. The summed E-state index contributed by atoms with van der Waals surface area (Å²) in [4.78, 5) is 22.8. The first-order valence-electron chi connectivity index (χ1n) is 6.67. The van der Waals surface area contributed by atoms with Gasteiger partial charge in [0.15, 0.2) is 0 Å². The second kappa shape index (κ2) is 4.70. The van der Waals surface area contributed by atoms with Crippen molar-refractivity contribution < 1.29 is 9.72 Å². The van der Waals surface area contributed by atoms with Crippen LogP contribution in [-0.4, -0.2) is 15.4 Å². The van der Waals surface area contributed by atoms with Gasteiger partial charge in [-0.3, -0.25) is 19.5 Å². The Morgan fingerprint density at radius 2 is 2.05 bits per heavy atom. The molecule has 5 heteroatoms. The Bertz CT molecular complexity index is 841. The van der Waals surface area contributed by atoms with E-state index in [-0.39, 0.29) is 11.6 Å². The second-order valence-corrected chi connectivity index (χ2v) is 5.11. The first-order valence-corrected chi connectivity index (χ1v) is 6.67. The van der Waals surface area contributed by atoms with E-state index in [0.29, 0.717) is 17.7 Å². The molecule has 21 heavy (non-hydrogen) atoms. The molecular formula is C16H14N2O3. The molecule has 0 bridgehead atoms. The van der Waals surface area contributed by atoms with Crippen LogP contribution in [0.25, 0.3) is 17.0 Å². The number of rotatable bonds is 1. The van der Waals surface area contributed by atoms with Crippen molar-refractivity contribution >= 4 is 22.9 Å². The first kappa shape index (κ1) is 13.3. The van der Waals surface area contributed by atoms with Gasteiger partial charge in [0.1, 0.15) is 0 Å². The summed E-state index contributed by atoms with van der Waals surface area (Å²) in [6, 6.07) is 7.58. The molecule has 3 rings (SSSR count). The van der Waals surface area contributed by atoms with Crippen LogP contribution in [0.1, 0.15) is 29.9 Å². The number of fused-ring (bicyclic) bond motifs is 3. The number of aromatic nitrogens is 1. The van der Waals surface area contributed by atoms with Crippen LogP contribution in [0, 0.1) is 10.1 Å². The van der Waals surface area contributed by atoms with Crippen molar-refractivity contribution in [3.05, 3.63) is 63.0 Å². The van der Waals surface area contributed by atoms with Crippen LogP contribution in [0.15, 0.2) is 41.6 Å². The molecule has 0 aliphatic heterocycles. The van der Waals surface area contributed by atoms with Gasteiger partial charge in [0.25, 0.3) is 5.70 Å². The fraction of sp³-hybridized carbons (Fsp3) is 0.188. The fourth-order valence-electron chi connectivity index (χ4n) is 2.83. The van der Waals surface area contributed by atoms with Crippen molar-refractivity contribution in [3.8, 4) is 0 Å². The van der Waals surface area contributed by atoms with Gasteiger partial charge in [0.05, 0.1) is 16.1 Å². The summed E-state index contributed by atoms with van der Waals surface area (Å²) < 4.78 is 1.56. The molecule has 5 nitrogen and oxygen atoms in total. The lowest BCUT2D eigenvalue weighted by Crippen LogP contribution is -2.08. The minimum absolute atomic E-state index is 0.0408. The Balaban J connectivity index is 2.42. The van der Waals surface area contributed by atoms with E-state index in [9.17, 15) is 14.9 Å². The molecule has 1 aromatic heterocycles. The van der Waals surface area contributed by atoms with E-state index < -0.39 is 4.92 Å². The molecule has 106 valence electrons. The normalized spacial score (nSPS) is 14.2. The Morgan fingerprint density at radius 3 is 2.71 bits per heavy atom. The number of allylic oxidation sites excluding steroid dienone is 2. The van der Waals surface area contributed by atoms with E-state index in [2.05, 4.69) is 0 Å². The van der Waals surface area contributed by atoms with Crippen LogP contribution in [0.4, 0.5) is 0 Å². The standard InChI is InChI=1S/C16H14N2O3/c1-10-7-8-13-12-5-3-4-6-14(12)17(11(2)19)16(13)9-15(10)18(20)21/h3-7,9H,8H2,1-2H3. The molecule has 0 saturated carbocycles. The van der Waals surface area contributed by atoms with Crippen molar-refractivity contribution in [1.82, 2.24) is 4.57 Å². The highest BCUT2D eigenvalue weighted by Gasteiger charge is 2.24. The topological polar surface area (TPSA) is 65.1 Å². The van der Waals surface area contributed by atoms with Crippen LogP contribution in [-0.2, 0) is 6.42 Å². The molecule has 1 aliphatic rings. The van der Waals surface area contributed by atoms with E-state index in [1.807, 2.05) is 30.3 Å². The third-order valence-electron chi connectivity index (χ3n) is 3.82. The zero-order valence-corrected chi connectivity index (χ0v) is 11.8. The summed E-state index contributed by atoms with van der Waals surface area (Å²) in [7, 11) is 0. The molecule has 0 N–H and O–H groups in total. The minimum Gasteiger partial charge on any atom is -0.280 e. The lowest BCUT2D eigenvalue weighted by atomic mass is 10.1. The summed E-state index contributed by atoms with van der Waals surface area (Å²) in [5, 5.41) is 12.2. The molecule has 0 atom stereocenters. The zero-order chi connectivity index (χ0) is 15.1. The van der Waals surface area contributed by atoms with E-state index in [1.54, 1.807) is 11.5 Å². The smallest absolute Gasteiger partial charge is 0.274 e. The largest absolute Gasteiger partial charge is 0.280 e. The van der Waals surface area contributed by atoms with Crippen LogP contribution >= 0.6 is 0 Å². The minimum atomic E-state index is -0.400. The maximum Gasteiger partial charge on any atom is 0.274 e. The van der Waals surface area contributed by atoms with Gasteiger partial charge in [-0.2, -0.15) is 0 Å². The highest BCUT2D eigenvalue weighted by molar-refractivity contribution is 5.98. The predicted octanol–water partition coefficient (Wildman–Crippen LogP) is 3.42. The summed E-state index contributed by atoms with van der Waals surface area (Å²) in [6.45, 7) is 3.19. The third-order valence-corrected chi connectivity index (χ3v) is 3.82. The maximum absolute atomic E-state index is 12.0. The Kier molecular flexibility index (Phi) is 2.97. The Morgan fingerprint density at radius 1 is 1.33 bits per heavy atom. The number of carbonyl (C=O) groups excluding carboxylic acids is 1. The molecule has 1 aliphatic carbocycles. The maximum atomic E-state index is 12.0. The van der Waals surface area contributed by atoms with Crippen LogP contribution < -0.4 is 0 Å². The van der Waals surface area contributed by atoms with Crippen molar-refractivity contribution in [2.75, 3.05) is 0 Å². The molecule has 0 unspecified atom stereocenters. The van der Waals surface area contributed by atoms with Gasteiger partial charge >= 0.3 is 0 Å². The summed E-state index contributed by atoms with van der Waals surface area (Å²) >= 11 is 0. The molecule has 0 radical (unpaired) electrons. The number of para-hydroxylation sites is 1. The highest BCUT2D eigenvalue weighted by Crippen LogP contribution is 2.32. The van der Waals surface area contributed by atoms with E-state index >= 15 is 0 Å². The quantitative estimate of drug-likeness (QED) is 0.594.